The second-order valence-electron chi connectivity index (χ2n) is 7.77. The largest absolute Gasteiger partial charge is 0.478 e. The summed E-state index contributed by atoms with van der Waals surface area (Å²) >= 11 is 11.8. The normalized spacial score (nSPS) is 14.2. The molecule has 0 saturated carbocycles. The van der Waals surface area contributed by atoms with Crippen LogP contribution in [0.1, 0.15) is 44.0 Å². The molecule has 0 aliphatic rings. The van der Waals surface area contributed by atoms with Crippen molar-refractivity contribution >= 4 is 35.1 Å². The number of aliphatic hydroxyl groups is 1. The molecule has 0 fully saturated rings. The van der Waals surface area contributed by atoms with E-state index in [4.69, 9.17) is 23.2 Å². The monoisotopic (exact) mass is 453 g/mol. The van der Waals surface area contributed by atoms with Crippen molar-refractivity contribution in [2.24, 2.45) is 5.41 Å². The van der Waals surface area contributed by atoms with Gasteiger partial charge in [-0.25, -0.2) is 9.18 Å². The van der Waals surface area contributed by atoms with E-state index < -0.39 is 35.3 Å². The van der Waals surface area contributed by atoms with E-state index >= 15 is 0 Å². The molecule has 8 heteroatoms. The maximum Gasteiger partial charge on any atom is 0.332 e. The second kappa shape index (κ2) is 9.60. The zero-order chi connectivity index (χ0) is 22.6. The van der Waals surface area contributed by atoms with E-state index in [-0.39, 0.29) is 16.2 Å². The predicted octanol–water partition coefficient (Wildman–Crippen LogP) is 5.08. The third-order valence-corrected chi connectivity index (χ3v) is 4.89. The molecule has 5 nitrogen and oxygen atoms in total. The molecule has 0 aliphatic heterocycles. The van der Waals surface area contributed by atoms with Crippen LogP contribution in [0, 0.1) is 11.2 Å². The molecule has 30 heavy (non-hydrogen) atoms. The average molecular weight is 454 g/mol. The van der Waals surface area contributed by atoms with Gasteiger partial charge in [0.1, 0.15) is 11.9 Å². The molecule has 2 atom stereocenters. The van der Waals surface area contributed by atoms with Gasteiger partial charge in [-0.1, -0.05) is 62.2 Å². The number of hydrogen-bond donors (Lipinski definition) is 3. The highest BCUT2D eigenvalue weighted by atomic mass is 35.5. The van der Waals surface area contributed by atoms with Crippen LogP contribution in [0.4, 0.5) is 4.39 Å². The average Bonchev–Trinajstić information content (AvgIpc) is 2.63. The molecule has 0 heterocycles. The fraction of sp³-hybridized carbons (Fsp3) is 0.273. The van der Waals surface area contributed by atoms with Gasteiger partial charge in [0.15, 0.2) is 0 Å². The molecule has 3 N–H and O–H groups in total. The summed E-state index contributed by atoms with van der Waals surface area (Å²) < 4.78 is 14.6. The minimum absolute atomic E-state index is 0.0127. The number of carbonyl (C=O) groups is 2. The van der Waals surface area contributed by atoms with E-state index in [9.17, 15) is 24.2 Å². The van der Waals surface area contributed by atoms with Crippen molar-refractivity contribution in [1.29, 1.82) is 0 Å². The van der Waals surface area contributed by atoms with Crippen LogP contribution in [0.25, 0.3) is 0 Å². The molecule has 0 radical (unpaired) electrons. The fourth-order valence-corrected chi connectivity index (χ4v) is 3.25. The van der Waals surface area contributed by atoms with Gasteiger partial charge in [0.2, 0.25) is 5.91 Å². The molecule has 0 aliphatic carbocycles. The van der Waals surface area contributed by atoms with E-state index in [0.29, 0.717) is 10.6 Å². The number of carboxylic acids is 1. The second-order valence-corrected chi connectivity index (χ2v) is 8.64. The van der Waals surface area contributed by atoms with E-state index in [2.05, 4.69) is 5.32 Å². The van der Waals surface area contributed by atoms with Crippen molar-refractivity contribution in [3.63, 3.8) is 0 Å². The van der Waals surface area contributed by atoms with Crippen LogP contribution >= 0.6 is 23.2 Å². The Morgan fingerprint density at radius 2 is 1.73 bits per heavy atom. The lowest BCUT2D eigenvalue weighted by Crippen LogP contribution is -2.33. The molecule has 0 aromatic heterocycles. The van der Waals surface area contributed by atoms with E-state index in [0.717, 1.165) is 12.1 Å². The Bertz CT molecular complexity index is 985. The topological polar surface area (TPSA) is 86.6 Å². The first-order valence-electron chi connectivity index (χ1n) is 9.04. The molecular formula is C22H22Cl2FNO4. The van der Waals surface area contributed by atoms with Crippen molar-refractivity contribution < 1.29 is 24.2 Å². The Balaban J connectivity index is 2.48. The number of aliphatic hydroxyl groups excluding tert-OH is 1. The van der Waals surface area contributed by atoms with Crippen molar-refractivity contribution in [2.45, 2.75) is 32.9 Å². The molecule has 0 bridgehead atoms. The molecular weight excluding hydrogens is 432 g/mol. The smallest absolute Gasteiger partial charge is 0.332 e. The maximum atomic E-state index is 14.6. The van der Waals surface area contributed by atoms with Crippen LogP contribution in [-0.4, -0.2) is 22.1 Å². The quantitative estimate of drug-likeness (QED) is 0.532. The highest BCUT2D eigenvalue weighted by Crippen LogP contribution is 2.33. The van der Waals surface area contributed by atoms with Crippen LogP contribution < -0.4 is 5.32 Å². The Morgan fingerprint density at radius 1 is 1.10 bits per heavy atom. The molecule has 2 aromatic rings. The Hall–Kier alpha value is -2.41. The molecule has 2 rings (SSSR count). The summed E-state index contributed by atoms with van der Waals surface area (Å²) in [5, 5.41) is 23.3. The van der Waals surface area contributed by atoms with Crippen LogP contribution in [0.15, 0.2) is 54.1 Å². The first kappa shape index (κ1) is 23.9. The summed E-state index contributed by atoms with van der Waals surface area (Å²) in [6.45, 7) is 4.95. The van der Waals surface area contributed by atoms with Gasteiger partial charge in [0.25, 0.3) is 0 Å². The van der Waals surface area contributed by atoms with Gasteiger partial charge in [-0.15, -0.1) is 0 Å². The molecule has 0 spiro atoms. The van der Waals surface area contributed by atoms with E-state index in [1.54, 1.807) is 39.0 Å². The third-order valence-electron chi connectivity index (χ3n) is 4.42. The number of halogens is 3. The lowest BCUT2D eigenvalue weighted by Gasteiger charge is -2.26. The molecule has 0 saturated heterocycles. The summed E-state index contributed by atoms with van der Waals surface area (Å²) in [5.74, 6) is -2.77. The maximum absolute atomic E-state index is 14.6. The fourth-order valence-electron chi connectivity index (χ4n) is 2.89. The Labute approximate surface area is 184 Å². The van der Waals surface area contributed by atoms with Gasteiger partial charge in [-0.2, -0.15) is 0 Å². The van der Waals surface area contributed by atoms with Crippen LogP contribution in [-0.2, 0) is 9.59 Å². The highest BCUT2D eigenvalue weighted by molar-refractivity contribution is 6.30. The SMILES string of the molecule is CC(C)(C)/C(=C\C(=O)N[C@H](c1ccc(Cl)cc1F)[C@H](O)c1cccc(Cl)c1)C(=O)O. The van der Waals surface area contributed by atoms with Crippen LogP contribution in [0.2, 0.25) is 10.0 Å². The first-order valence-corrected chi connectivity index (χ1v) is 9.80. The van der Waals surface area contributed by atoms with Crippen molar-refractivity contribution in [2.75, 3.05) is 0 Å². The van der Waals surface area contributed by atoms with E-state index in [1.807, 2.05) is 0 Å². The summed E-state index contributed by atoms with van der Waals surface area (Å²) in [6, 6.07) is 8.91. The van der Waals surface area contributed by atoms with Crippen molar-refractivity contribution in [3.8, 4) is 0 Å². The van der Waals surface area contributed by atoms with Crippen LogP contribution in [0.3, 0.4) is 0 Å². The minimum atomic E-state index is -1.36. The lowest BCUT2D eigenvalue weighted by molar-refractivity contribution is -0.134. The third kappa shape index (κ3) is 6.05. The van der Waals surface area contributed by atoms with Crippen LogP contribution in [0.5, 0.6) is 0 Å². The lowest BCUT2D eigenvalue weighted by atomic mass is 9.86. The molecule has 1 amide bonds. The highest BCUT2D eigenvalue weighted by Gasteiger charge is 2.29. The Kier molecular flexibility index (Phi) is 7.64. The zero-order valence-corrected chi connectivity index (χ0v) is 18.1. The molecule has 0 unspecified atom stereocenters. The number of carbonyl (C=O) groups excluding carboxylic acids is 1. The van der Waals surface area contributed by atoms with Gasteiger partial charge < -0.3 is 15.5 Å². The Morgan fingerprint density at radius 3 is 2.27 bits per heavy atom. The minimum Gasteiger partial charge on any atom is -0.478 e. The summed E-state index contributed by atoms with van der Waals surface area (Å²) in [5.41, 5.74) is -0.607. The van der Waals surface area contributed by atoms with Gasteiger partial charge in [0.05, 0.1) is 6.04 Å². The molecule has 2 aromatic carbocycles. The summed E-state index contributed by atoms with van der Waals surface area (Å²) in [4.78, 5) is 24.2. The summed E-state index contributed by atoms with van der Waals surface area (Å²) in [7, 11) is 0. The van der Waals surface area contributed by atoms with Crippen molar-refractivity contribution in [1.82, 2.24) is 5.32 Å². The van der Waals surface area contributed by atoms with Gasteiger partial charge in [0, 0.05) is 27.3 Å². The number of amides is 1. The van der Waals surface area contributed by atoms with Gasteiger partial charge in [-0.05, 0) is 35.2 Å². The first-order chi connectivity index (χ1) is 13.9. The molecule has 160 valence electrons. The van der Waals surface area contributed by atoms with Crippen molar-refractivity contribution in [3.05, 3.63) is 81.1 Å². The number of rotatable bonds is 6. The van der Waals surface area contributed by atoms with Gasteiger partial charge in [-0.3, -0.25) is 4.79 Å². The van der Waals surface area contributed by atoms with Gasteiger partial charge >= 0.3 is 5.97 Å². The zero-order valence-electron chi connectivity index (χ0n) is 16.6. The van der Waals surface area contributed by atoms with E-state index in [1.165, 1.54) is 18.2 Å². The predicted molar refractivity (Wildman–Crippen MR) is 114 cm³/mol. The number of aliphatic carboxylic acids is 1. The number of hydrogen-bond acceptors (Lipinski definition) is 3. The standard InChI is InChI=1S/C22H22Cl2FNO4/c1-22(2,3)16(21(29)30)11-18(27)26-19(15-8-7-14(24)10-17(15)25)20(28)12-5-4-6-13(23)9-12/h4-11,19-20,28H,1-3H3,(H,26,27)(H,29,30)/b16-11-/t19-,20-/m1/s1. The number of nitrogens with one attached hydrogen (secondary N) is 1. The number of carboxylic acid groups (broad SMARTS) is 1. The summed E-state index contributed by atoms with van der Waals surface area (Å²) in [6.07, 6.45) is -0.423. The number of benzene rings is 2.